The van der Waals surface area contributed by atoms with Gasteiger partial charge in [-0.1, -0.05) is 24.3 Å². The maximum Gasteiger partial charge on any atom is 0.336 e. The van der Waals surface area contributed by atoms with E-state index in [-0.39, 0.29) is 18.1 Å². The van der Waals surface area contributed by atoms with Crippen LogP contribution in [0, 0.1) is 0 Å². The van der Waals surface area contributed by atoms with E-state index >= 15 is 0 Å². The second-order valence-corrected chi connectivity index (χ2v) is 4.35. The number of carbonyl (C=O) groups is 2. The lowest BCUT2D eigenvalue weighted by Crippen LogP contribution is -2.25. The van der Waals surface area contributed by atoms with Crippen molar-refractivity contribution < 1.29 is 19.8 Å². The fraction of sp³-hybridized carbons (Fsp3) is 0.200. The van der Waals surface area contributed by atoms with Gasteiger partial charge in [-0.25, -0.2) is 4.79 Å². The molecule has 1 amide bonds. The molecule has 0 aliphatic heterocycles. The third kappa shape index (κ3) is 2.78. The summed E-state index contributed by atoms with van der Waals surface area (Å²) >= 11 is 0. The Morgan fingerprint density at radius 1 is 1.05 bits per heavy atom. The second kappa shape index (κ2) is 6.16. The molecule has 0 radical (unpaired) electrons. The van der Waals surface area contributed by atoms with Gasteiger partial charge in [0, 0.05) is 24.1 Å². The quantitative estimate of drug-likeness (QED) is 0.723. The van der Waals surface area contributed by atoms with Crippen LogP contribution in [0.3, 0.4) is 0 Å². The van der Waals surface area contributed by atoms with Crippen molar-refractivity contribution in [1.29, 1.82) is 0 Å². The highest BCUT2D eigenvalue weighted by molar-refractivity contribution is 6.14. The van der Waals surface area contributed by atoms with Crippen molar-refractivity contribution in [2.45, 2.75) is 6.42 Å². The number of carbonyl (C=O) groups excluding carboxylic acids is 1. The molecule has 5 heteroatoms. The van der Waals surface area contributed by atoms with Crippen molar-refractivity contribution in [3.8, 4) is 0 Å². The largest absolute Gasteiger partial charge is 0.478 e. The van der Waals surface area contributed by atoms with E-state index in [0.29, 0.717) is 29.3 Å². The van der Waals surface area contributed by atoms with Gasteiger partial charge in [0.15, 0.2) is 0 Å². The first-order valence-corrected chi connectivity index (χ1v) is 6.29. The monoisotopic (exact) mass is 273 g/mol. The summed E-state index contributed by atoms with van der Waals surface area (Å²) in [6.07, 6.45) is 0.461. The number of fused-ring (bicyclic) bond motifs is 1. The number of carboxylic acids is 1. The molecule has 2 aromatic carbocycles. The van der Waals surface area contributed by atoms with E-state index < -0.39 is 5.97 Å². The number of hydrogen-bond donors (Lipinski definition) is 3. The first-order valence-electron chi connectivity index (χ1n) is 6.29. The highest BCUT2D eigenvalue weighted by Crippen LogP contribution is 2.23. The lowest BCUT2D eigenvalue weighted by molar-refractivity contribution is 0.0699. The Morgan fingerprint density at radius 3 is 2.30 bits per heavy atom. The van der Waals surface area contributed by atoms with Gasteiger partial charge in [0.05, 0.1) is 5.56 Å². The average molecular weight is 273 g/mol. The van der Waals surface area contributed by atoms with E-state index in [2.05, 4.69) is 5.32 Å². The highest BCUT2D eigenvalue weighted by atomic mass is 16.4. The van der Waals surface area contributed by atoms with Crippen molar-refractivity contribution in [1.82, 2.24) is 5.32 Å². The van der Waals surface area contributed by atoms with Crippen LogP contribution in [0.1, 0.15) is 27.1 Å². The van der Waals surface area contributed by atoms with E-state index in [1.165, 1.54) is 6.07 Å². The summed E-state index contributed by atoms with van der Waals surface area (Å²) in [7, 11) is 0. The van der Waals surface area contributed by atoms with E-state index in [0.717, 1.165) is 0 Å². The van der Waals surface area contributed by atoms with Crippen molar-refractivity contribution >= 4 is 22.6 Å². The van der Waals surface area contributed by atoms with Gasteiger partial charge in [0.25, 0.3) is 5.91 Å². The van der Waals surface area contributed by atoms with E-state index in [1.54, 1.807) is 30.3 Å². The minimum atomic E-state index is -1.06. The molecule has 0 fully saturated rings. The SMILES string of the molecule is O=C(O)c1cccc2cccc(C(=O)NCCCO)c12. The lowest BCUT2D eigenvalue weighted by Gasteiger charge is -2.09. The lowest BCUT2D eigenvalue weighted by atomic mass is 9.98. The summed E-state index contributed by atoms with van der Waals surface area (Å²) in [6.45, 7) is 0.344. The smallest absolute Gasteiger partial charge is 0.336 e. The molecule has 104 valence electrons. The normalized spacial score (nSPS) is 10.4. The van der Waals surface area contributed by atoms with Crippen LogP contribution in [0.5, 0.6) is 0 Å². The predicted octanol–water partition coefficient (Wildman–Crippen LogP) is 1.65. The Hall–Kier alpha value is -2.40. The zero-order valence-corrected chi connectivity index (χ0v) is 10.8. The second-order valence-electron chi connectivity index (χ2n) is 4.35. The van der Waals surface area contributed by atoms with Gasteiger partial charge in [0.2, 0.25) is 0 Å². The van der Waals surface area contributed by atoms with Crippen molar-refractivity contribution in [2.24, 2.45) is 0 Å². The average Bonchev–Trinajstić information content (AvgIpc) is 2.46. The van der Waals surface area contributed by atoms with E-state index in [1.807, 2.05) is 0 Å². The molecular formula is C15H15NO4. The van der Waals surface area contributed by atoms with Gasteiger partial charge >= 0.3 is 5.97 Å². The minimum absolute atomic E-state index is 0.00378. The molecule has 0 unspecified atom stereocenters. The van der Waals surface area contributed by atoms with Crippen LogP contribution in [0.25, 0.3) is 10.8 Å². The van der Waals surface area contributed by atoms with Crippen molar-refractivity contribution in [3.05, 3.63) is 47.5 Å². The van der Waals surface area contributed by atoms with Crippen molar-refractivity contribution in [2.75, 3.05) is 13.2 Å². The molecule has 0 aliphatic rings. The van der Waals surface area contributed by atoms with Crippen LogP contribution in [-0.4, -0.2) is 35.2 Å². The Morgan fingerprint density at radius 2 is 1.70 bits per heavy atom. The number of nitrogens with one attached hydrogen (secondary N) is 1. The van der Waals surface area contributed by atoms with Crippen LogP contribution >= 0.6 is 0 Å². The summed E-state index contributed by atoms with van der Waals surface area (Å²) in [4.78, 5) is 23.4. The molecule has 2 aromatic rings. The Labute approximate surface area is 115 Å². The molecule has 3 N–H and O–H groups in total. The maximum absolute atomic E-state index is 12.1. The standard InChI is InChI=1S/C15H15NO4/c17-9-3-8-16-14(18)11-6-1-4-10-5-2-7-12(13(10)11)15(19)20/h1-2,4-7,17H,3,8-9H2,(H,16,18)(H,19,20). The molecule has 0 aromatic heterocycles. The summed E-state index contributed by atoms with van der Waals surface area (Å²) in [5.74, 6) is -1.40. The minimum Gasteiger partial charge on any atom is -0.478 e. The van der Waals surface area contributed by atoms with Crippen LogP contribution in [0.15, 0.2) is 36.4 Å². The Kier molecular flexibility index (Phi) is 4.32. The molecule has 0 heterocycles. The maximum atomic E-state index is 12.1. The zero-order chi connectivity index (χ0) is 14.5. The highest BCUT2D eigenvalue weighted by Gasteiger charge is 2.15. The van der Waals surface area contributed by atoms with Gasteiger partial charge in [-0.3, -0.25) is 4.79 Å². The number of amides is 1. The van der Waals surface area contributed by atoms with Crippen LogP contribution in [0.2, 0.25) is 0 Å². The number of benzene rings is 2. The number of aromatic carboxylic acids is 1. The molecule has 0 spiro atoms. The number of carboxylic acid groups (broad SMARTS) is 1. The fourth-order valence-corrected chi connectivity index (χ4v) is 2.08. The predicted molar refractivity (Wildman–Crippen MR) is 74.9 cm³/mol. The van der Waals surface area contributed by atoms with Gasteiger partial charge < -0.3 is 15.5 Å². The molecule has 20 heavy (non-hydrogen) atoms. The summed E-state index contributed by atoms with van der Waals surface area (Å²) in [6, 6.07) is 9.99. The molecule has 0 atom stereocenters. The fourth-order valence-electron chi connectivity index (χ4n) is 2.08. The van der Waals surface area contributed by atoms with Crippen LogP contribution < -0.4 is 5.32 Å². The van der Waals surface area contributed by atoms with Gasteiger partial charge in [-0.2, -0.15) is 0 Å². The zero-order valence-electron chi connectivity index (χ0n) is 10.8. The third-order valence-corrected chi connectivity index (χ3v) is 3.00. The third-order valence-electron chi connectivity index (χ3n) is 3.00. The Balaban J connectivity index is 2.47. The molecular weight excluding hydrogens is 258 g/mol. The molecule has 0 bridgehead atoms. The van der Waals surface area contributed by atoms with Crippen LogP contribution in [-0.2, 0) is 0 Å². The van der Waals surface area contributed by atoms with E-state index in [9.17, 15) is 14.7 Å². The Bertz CT molecular complexity index is 646. The number of hydrogen-bond acceptors (Lipinski definition) is 3. The van der Waals surface area contributed by atoms with Crippen LogP contribution in [0.4, 0.5) is 0 Å². The molecule has 0 saturated carbocycles. The topological polar surface area (TPSA) is 86.6 Å². The number of aliphatic hydroxyl groups is 1. The number of aliphatic hydroxyl groups excluding tert-OH is 1. The molecule has 0 aliphatic carbocycles. The van der Waals surface area contributed by atoms with E-state index in [4.69, 9.17) is 5.11 Å². The van der Waals surface area contributed by atoms with Gasteiger partial charge in [0.1, 0.15) is 0 Å². The van der Waals surface area contributed by atoms with Gasteiger partial charge in [-0.15, -0.1) is 0 Å². The first kappa shape index (κ1) is 14.0. The van der Waals surface area contributed by atoms with Gasteiger partial charge in [-0.05, 0) is 23.9 Å². The summed E-state index contributed by atoms with van der Waals surface area (Å²) < 4.78 is 0. The summed E-state index contributed by atoms with van der Waals surface area (Å²) in [5, 5.41) is 21.8. The molecule has 0 saturated heterocycles. The molecule has 5 nitrogen and oxygen atoms in total. The summed E-state index contributed by atoms with van der Waals surface area (Å²) in [5.41, 5.74) is 0.439. The first-order chi connectivity index (χ1) is 9.65. The molecule has 2 rings (SSSR count). The van der Waals surface area contributed by atoms with Crippen molar-refractivity contribution in [3.63, 3.8) is 0 Å². The number of rotatable bonds is 5.